The largest absolute Gasteiger partial charge is 0.335 e. The summed E-state index contributed by atoms with van der Waals surface area (Å²) in [7, 11) is -3.57. The fourth-order valence-electron chi connectivity index (χ4n) is 3.34. The van der Waals surface area contributed by atoms with E-state index in [-0.39, 0.29) is 5.91 Å². The number of benzene rings is 2. The van der Waals surface area contributed by atoms with Gasteiger partial charge in [0.05, 0.1) is 9.77 Å². The van der Waals surface area contributed by atoms with Gasteiger partial charge in [0.1, 0.15) is 0 Å². The van der Waals surface area contributed by atoms with E-state index in [0.717, 1.165) is 21.2 Å². The van der Waals surface area contributed by atoms with Gasteiger partial charge in [-0.15, -0.1) is 11.3 Å². The Morgan fingerprint density at radius 2 is 1.67 bits per heavy atom. The van der Waals surface area contributed by atoms with Crippen molar-refractivity contribution >= 4 is 38.0 Å². The number of amides is 1. The van der Waals surface area contributed by atoms with E-state index >= 15 is 0 Å². The molecule has 0 unspecified atom stereocenters. The van der Waals surface area contributed by atoms with Crippen molar-refractivity contribution in [3.63, 3.8) is 0 Å². The standard InChI is InChI=1S/C20H20N2O3S2/c1-15-8-13-26-19(15)20(23)21-9-11-22(12-10-21)27(24,25)18-7-6-16-4-2-3-5-17(16)14-18/h2-8,13-14H,9-12H2,1H3. The van der Waals surface area contributed by atoms with Gasteiger partial charge in [-0.3, -0.25) is 4.79 Å². The van der Waals surface area contributed by atoms with Crippen LogP contribution in [0, 0.1) is 6.92 Å². The molecule has 0 atom stereocenters. The van der Waals surface area contributed by atoms with Crippen molar-refractivity contribution < 1.29 is 13.2 Å². The lowest BCUT2D eigenvalue weighted by Crippen LogP contribution is -2.50. The van der Waals surface area contributed by atoms with Gasteiger partial charge < -0.3 is 4.90 Å². The summed E-state index contributed by atoms with van der Waals surface area (Å²) >= 11 is 1.43. The van der Waals surface area contributed by atoms with E-state index in [1.54, 1.807) is 17.0 Å². The number of hydrogen-bond acceptors (Lipinski definition) is 4. The minimum Gasteiger partial charge on any atom is -0.335 e. The Kier molecular flexibility index (Phi) is 4.75. The van der Waals surface area contributed by atoms with Crippen LogP contribution >= 0.6 is 11.3 Å². The Morgan fingerprint density at radius 1 is 0.963 bits per heavy atom. The maximum Gasteiger partial charge on any atom is 0.264 e. The van der Waals surface area contributed by atoms with E-state index in [1.165, 1.54) is 15.6 Å². The molecule has 0 aliphatic carbocycles. The second kappa shape index (κ2) is 7.07. The van der Waals surface area contributed by atoms with Crippen LogP contribution in [0.15, 0.2) is 58.8 Å². The molecule has 1 aliphatic heterocycles. The molecule has 0 bridgehead atoms. The molecule has 7 heteroatoms. The quantitative estimate of drug-likeness (QED) is 0.677. The Morgan fingerprint density at radius 3 is 2.33 bits per heavy atom. The lowest BCUT2D eigenvalue weighted by Gasteiger charge is -2.34. The van der Waals surface area contributed by atoms with E-state index in [4.69, 9.17) is 0 Å². The van der Waals surface area contributed by atoms with Crippen LogP contribution in [0.2, 0.25) is 0 Å². The molecular formula is C20H20N2O3S2. The number of sulfonamides is 1. The zero-order valence-corrected chi connectivity index (χ0v) is 16.6. The summed E-state index contributed by atoms with van der Waals surface area (Å²) in [6.45, 7) is 3.35. The monoisotopic (exact) mass is 400 g/mol. The molecule has 1 amide bonds. The highest BCUT2D eigenvalue weighted by Crippen LogP contribution is 2.24. The minimum atomic E-state index is -3.57. The number of thiophene rings is 1. The van der Waals surface area contributed by atoms with Crippen molar-refractivity contribution in [1.82, 2.24) is 9.21 Å². The number of nitrogens with zero attached hydrogens (tertiary/aromatic N) is 2. The molecule has 140 valence electrons. The Balaban J connectivity index is 1.51. The fourth-order valence-corrected chi connectivity index (χ4v) is 5.69. The van der Waals surface area contributed by atoms with Crippen molar-refractivity contribution in [2.45, 2.75) is 11.8 Å². The molecule has 2 aromatic carbocycles. The molecule has 27 heavy (non-hydrogen) atoms. The maximum atomic E-state index is 13.0. The third-order valence-electron chi connectivity index (χ3n) is 4.94. The SMILES string of the molecule is Cc1ccsc1C(=O)N1CCN(S(=O)(=O)c2ccc3ccccc3c2)CC1. The Hall–Kier alpha value is -2.22. The Bertz CT molecular complexity index is 1100. The highest BCUT2D eigenvalue weighted by molar-refractivity contribution is 7.89. The minimum absolute atomic E-state index is 0.00902. The molecule has 3 aromatic rings. The normalized spacial score (nSPS) is 16.0. The summed E-state index contributed by atoms with van der Waals surface area (Å²) in [6.07, 6.45) is 0. The zero-order chi connectivity index (χ0) is 19.0. The molecular weight excluding hydrogens is 380 g/mol. The molecule has 2 heterocycles. The first-order valence-corrected chi connectivity index (χ1v) is 11.1. The number of fused-ring (bicyclic) bond motifs is 1. The highest BCUT2D eigenvalue weighted by atomic mass is 32.2. The first kappa shape index (κ1) is 18.2. The number of aryl methyl sites for hydroxylation is 1. The van der Waals surface area contributed by atoms with Gasteiger partial charge in [-0.1, -0.05) is 30.3 Å². The van der Waals surface area contributed by atoms with Crippen LogP contribution in [0.5, 0.6) is 0 Å². The molecule has 4 rings (SSSR count). The first-order valence-electron chi connectivity index (χ1n) is 8.79. The van der Waals surface area contributed by atoms with Crippen LogP contribution in [0.1, 0.15) is 15.2 Å². The third-order valence-corrected chi connectivity index (χ3v) is 7.84. The van der Waals surface area contributed by atoms with Crippen LogP contribution in [-0.4, -0.2) is 49.7 Å². The van der Waals surface area contributed by atoms with E-state index < -0.39 is 10.0 Å². The fraction of sp³-hybridized carbons (Fsp3) is 0.250. The topological polar surface area (TPSA) is 57.7 Å². The molecule has 1 fully saturated rings. The number of hydrogen-bond donors (Lipinski definition) is 0. The molecule has 0 N–H and O–H groups in total. The second-order valence-corrected chi connectivity index (χ2v) is 9.49. The number of carbonyl (C=O) groups excluding carboxylic acids is 1. The molecule has 0 saturated carbocycles. The molecule has 5 nitrogen and oxygen atoms in total. The van der Waals surface area contributed by atoms with E-state index in [2.05, 4.69) is 0 Å². The van der Waals surface area contributed by atoms with E-state index in [1.807, 2.05) is 48.7 Å². The van der Waals surface area contributed by atoms with Gasteiger partial charge in [-0.2, -0.15) is 4.31 Å². The van der Waals surface area contributed by atoms with Crippen LogP contribution in [0.3, 0.4) is 0 Å². The molecule has 1 saturated heterocycles. The zero-order valence-electron chi connectivity index (χ0n) is 15.0. The lowest BCUT2D eigenvalue weighted by atomic mass is 10.1. The van der Waals surface area contributed by atoms with Crippen LogP contribution in [0.25, 0.3) is 10.8 Å². The first-order chi connectivity index (χ1) is 13.0. The summed E-state index contributed by atoms with van der Waals surface area (Å²) in [5.74, 6) is -0.00902. The van der Waals surface area contributed by atoms with E-state index in [9.17, 15) is 13.2 Å². The van der Waals surface area contributed by atoms with Gasteiger partial charge in [0.2, 0.25) is 10.0 Å². The molecule has 1 aliphatic rings. The predicted octanol–water partition coefficient (Wildman–Crippen LogP) is 3.36. The molecule has 0 spiro atoms. The smallest absolute Gasteiger partial charge is 0.264 e. The average molecular weight is 401 g/mol. The van der Waals surface area contributed by atoms with Crippen molar-refractivity contribution in [2.75, 3.05) is 26.2 Å². The van der Waals surface area contributed by atoms with Crippen molar-refractivity contribution in [1.29, 1.82) is 0 Å². The van der Waals surface area contributed by atoms with Gasteiger partial charge in [0, 0.05) is 26.2 Å². The van der Waals surface area contributed by atoms with Crippen molar-refractivity contribution in [2.24, 2.45) is 0 Å². The highest BCUT2D eigenvalue weighted by Gasteiger charge is 2.31. The third kappa shape index (κ3) is 3.38. The molecule has 1 aromatic heterocycles. The summed E-state index contributed by atoms with van der Waals surface area (Å²) in [4.78, 5) is 15.4. The van der Waals surface area contributed by atoms with Crippen LogP contribution in [0.4, 0.5) is 0 Å². The van der Waals surface area contributed by atoms with Crippen LogP contribution in [-0.2, 0) is 10.0 Å². The Labute approximate surface area is 162 Å². The summed E-state index contributed by atoms with van der Waals surface area (Å²) in [6, 6.07) is 14.8. The number of carbonyl (C=O) groups is 1. The maximum absolute atomic E-state index is 13.0. The number of piperazine rings is 1. The summed E-state index contributed by atoms with van der Waals surface area (Å²) in [5, 5.41) is 3.82. The van der Waals surface area contributed by atoms with Crippen LogP contribution < -0.4 is 0 Å². The van der Waals surface area contributed by atoms with E-state index in [0.29, 0.717) is 31.1 Å². The van der Waals surface area contributed by atoms with Gasteiger partial charge in [0.15, 0.2) is 0 Å². The average Bonchev–Trinajstić information content (AvgIpc) is 3.13. The van der Waals surface area contributed by atoms with Crippen molar-refractivity contribution in [3.05, 3.63) is 64.4 Å². The van der Waals surface area contributed by atoms with Gasteiger partial charge in [-0.05, 0) is 46.8 Å². The molecule has 0 radical (unpaired) electrons. The summed E-state index contributed by atoms with van der Waals surface area (Å²) in [5.41, 5.74) is 0.969. The predicted molar refractivity (Wildman–Crippen MR) is 108 cm³/mol. The summed E-state index contributed by atoms with van der Waals surface area (Å²) < 4.78 is 27.5. The van der Waals surface area contributed by atoms with Gasteiger partial charge >= 0.3 is 0 Å². The second-order valence-electron chi connectivity index (χ2n) is 6.64. The number of rotatable bonds is 3. The lowest BCUT2D eigenvalue weighted by molar-refractivity contribution is 0.0702. The van der Waals surface area contributed by atoms with Gasteiger partial charge in [-0.25, -0.2) is 8.42 Å². The van der Waals surface area contributed by atoms with Gasteiger partial charge in [0.25, 0.3) is 5.91 Å². The van der Waals surface area contributed by atoms with Crippen molar-refractivity contribution in [3.8, 4) is 0 Å².